The Hall–Kier alpha value is -4.64. The molecule has 2 amide bonds. The van der Waals surface area contributed by atoms with Crippen LogP contribution in [0.25, 0.3) is 11.1 Å². The second-order valence-corrected chi connectivity index (χ2v) is 10.9. The minimum absolute atomic E-state index is 0.0754. The number of hydrogen-bond acceptors (Lipinski definition) is 9. The van der Waals surface area contributed by atoms with Crippen LogP contribution in [0.2, 0.25) is 0 Å². The number of nitrogens with two attached hydrogens (primary N) is 1. The van der Waals surface area contributed by atoms with E-state index in [2.05, 4.69) is 21.1 Å². The molecule has 2 aliphatic rings. The zero-order chi connectivity index (χ0) is 30.6. The molecule has 3 heterocycles. The van der Waals surface area contributed by atoms with Gasteiger partial charge in [0.05, 0.1) is 44.5 Å². The van der Waals surface area contributed by atoms with Crippen LogP contribution in [0.1, 0.15) is 32.8 Å². The molecular formula is C30H28FN5O6S. The van der Waals surface area contributed by atoms with Crippen LogP contribution in [0.5, 0.6) is 0 Å². The normalized spacial score (nSPS) is 17.6. The molecule has 1 spiro atoms. The van der Waals surface area contributed by atoms with E-state index in [-0.39, 0.29) is 48.9 Å². The first kappa shape index (κ1) is 29.8. The van der Waals surface area contributed by atoms with E-state index in [0.29, 0.717) is 29.9 Å². The SMILES string of the molecule is COC(=O)c1ccc(-c2ccc(C(N)=NCC(=O)N3CC4(C[C@H]3C(=O)NCc3cc(C#N)cs3)OCCO4)cc2)c(F)c1. The van der Waals surface area contributed by atoms with Gasteiger partial charge in [-0.1, -0.05) is 30.3 Å². The van der Waals surface area contributed by atoms with Gasteiger partial charge in [-0.2, -0.15) is 5.26 Å². The average Bonchev–Trinajstić information content (AvgIpc) is 3.78. The fraction of sp³-hybridized carbons (Fsp3) is 0.300. The molecule has 0 radical (unpaired) electrons. The van der Waals surface area contributed by atoms with E-state index >= 15 is 0 Å². The third-order valence-corrected chi connectivity index (χ3v) is 8.15. The number of thiophene rings is 1. The van der Waals surface area contributed by atoms with Gasteiger partial charge in [0.1, 0.15) is 30.3 Å². The molecule has 0 unspecified atom stereocenters. The van der Waals surface area contributed by atoms with Gasteiger partial charge >= 0.3 is 5.97 Å². The zero-order valence-corrected chi connectivity index (χ0v) is 24.0. The summed E-state index contributed by atoms with van der Waals surface area (Å²) in [5.74, 6) is -2.96. The van der Waals surface area contributed by atoms with Gasteiger partial charge in [-0.05, 0) is 23.8 Å². The van der Waals surface area contributed by atoms with Crippen molar-refractivity contribution >= 4 is 35.0 Å². The highest BCUT2D eigenvalue weighted by Crippen LogP contribution is 2.35. The van der Waals surface area contributed by atoms with E-state index in [9.17, 15) is 18.8 Å². The van der Waals surface area contributed by atoms with Crippen LogP contribution in [0.3, 0.4) is 0 Å². The third-order valence-electron chi connectivity index (χ3n) is 7.21. The number of carbonyl (C=O) groups excluding carboxylic acids is 3. The fourth-order valence-electron chi connectivity index (χ4n) is 5.01. The van der Waals surface area contributed by atoms with Crippen LogP contribution in [0, 0.1) is 17.1 Å². The van der Waals surface area contributed by atoms with Crippen LogP contribution in [0.4, 0.5) is 4.39 Å². The van der Waals surface area contributed by atoms with E-state index in [1.807, 2.05) is 0 Å². The molecule has 13 heteroatoms. The Bertz CT molecular complexity index is 1610. The van der Waals surface area contributed by atoms with Crippen molar-refractivity contribution in [3.63, 3.8) is 0 Å². The molecule has 2 saturated heterocycles. The number of nitrogens with one attached hydrogen (secondary N) is 1. The lowest BCUT2D eigenvalue weighted by Gasteiger charge is -2.23. The van der Waals surface area contributed by atoms with Gasteiger partial charge in [0, 0.05) is 27.8 Å². The fourth-order valence-corrected chi connectivity index (χ4v) is 5.76. The number of benzene rings is 2. The second-order valence-electron chi connectivity index (χ2n) is 9.95. The number of halogens is 1. The summed E-state index contributed by atoms with van der Waals surface area (Å²) >= 11 is 1.36. The molecule has 1 aromatic heterocycles. The molecule has 222 valence electrons. The quantitative estimate of drug-likeness (QED) is 0.225. The maximum atomic E-state index is 14.6. The van der Waals surface area contributed by atoms with E-state index in [0.717, 1.165) is 10.9 Å². The van der Waals surface area contributed by atoms with Crippen LogP contribution < -0.4 is 11.1 Å². The summed E-state index contributed by atoms with van der Waals surface area (Å²) in [5, 5.41) is 13.6. The highest BCUT2D eigenvalue weighted by atomic mass is 32.1. The molecule has 2 fully saturated rings. The molecule has 0 bridgehead atoms. The molecule has 5 rings (SSSR count). The summed E-state index contributed by atoms with van der Waals surface area (Å²) in [6.45, 7) is 0.712. The Kier molecular flexibility index (Phi) is 8.81. The first-order chi connectivity index (χ1) is 20.7. The second kappa shape index (κ2) is 12.7. The summed E-state index contributed by atoms with van der Waals surface area (Å²) in [5.41, 5.74) is 8.16. The van der Waals surface area contributed by atoms with Crippen molar-refractivity contribution in [3.8, 4) is 17.2 Å². The van der Waals surface area contributed by atoms with Gasteiger partial charge in [0.15, 0.2) is 5.79 Å². The first-order valence-electron chi connectivity index (χ1n) is 13.3. The number of methoxy groups -OCH3 is 1. The molecule has 3 N–H and O–H groups in total. The van der Waals surface area contributed by atoms with Gasteiger partial charge in [-0.25, -0.2) is 9.18 Å². The number of nitrogens with zero attached hydrogens (tertiary/aromatic N) is 3. The van der Waals surface area contributed by atoms with Gasteiger partial charge in [0.2, 0.25) is 11.8 Å². The highest BCUT2D eigenvalue weighted by Gasteiger charge is 2.52. The number of likely N-dealkylation sites (tertiary alicyclic amines) is 1. The molecule has 0 saturated carbocycles. The Balaban J connectivity index is 1.25. The third kappa shape index (κ3) is 6.56. The minimum Gasteiger partial charge on any atom is -0.465 e. The van der Waals surface area contributed by atoms with E-state index < -0.39 is 29.5 Å². The molecular weight excluding hydrogens is 577 g/mol. The Morgan fingerprint density at radius 2 is 1.91 bits per heavy atom. The average molecular weight is 606 g/mol. The Morgan fingerprint density at radius 3 is 2.56 bits per heavy atom. The Labute approximate surface area is 250 Å². The number of esters is 1. The minimum atomic E-state index is -1.05. The molecule has 3 aromatic rings. The van der Waals surface area contributed by atoms with Crippen molar-refractivity contribution in [2.24, 2.45) is 10.7 Å². The number of ether oxygens (including phenoxy) is 3. The molecule has 0 aliphatic carbocycles. The Morgan fingerprint density at radius 1 is 1.19 bits per heavy atom. The van der Waals surface area contributed by atoms with Crippen molar-refractivity contribution in [3.05, 3.63) is 81.3 Å². The van der Waals surface area contributed by atoms with Crippen LogP contribution >= 0.6 is 11.3 Å². The molecule has 43 heavy (non-hydrogen) atoms. The van der Waals surface area contributed by atoms with Crippen LogP contribution in [0.15, 0.2) is 58.9 Å². The lowest BCUT2D eigenvalue weighted by molar-refractivity contribution is -0.151. The first-order valence-corrected chi connectivity index (χ1v) is 14.2. The number of amides is 2. The van der Waals surface area contributed by atoms with Gasteiger partial charge in [-0.3, -0.25) is 14.6 Å². The van der Waals surface area contributed by atoms with Gasteiger partial charge in [0.25, 0.3) is 0 Å². The topological polar surface area (TPSA) is 156 Å². The number of amidine groups is 1. The number of aliphatic imine (C=N–C) groups is 1. The number of carbonyl (C=O) groups is 3. The largest absolute Gasteiger partial charge is 0.465 e. The summed E-state index contributed by atoms with van der Waals surface area (Å²) in [7, 11) is 1.22. The lowest BCUT2D eigenvalue weighted by atomic mass is 10.0. The van der Waals surface area contributed by atoms with E-state index in [4.69, 9.17) is 20.5 Å². The predicted octanol–water partition coefficient (Wildman–Crippen LogP) is 2.58. The van der Waals surface area contributed by atoms with Gasteiger partial charge in [-0.15, -0.1) is 11.3 Å². The lowest BCUT2D eigenvalue weighted by Crippen LogP contribution is -2.46. The molecule has 2 aromatic carbocycles. The van der Waals surface area contributed by atoms with Crippen LogP contribution in [-0.2, 0) is 30.3 Å². The van der Waals surface area contributed by atoms with Crippen molar-refractivity contribution in [2.75, 3.05) is 33.4 Å². The monoisotopic (exact) mass is 605 g/mol. The standard InChI is InChI=1S/C30H28FN5O6S/c1-40-29(39)21-6-7-23(24(31)11-21)19-2-4-20(5-3-19)27(33)34-15-26(37)36-17-30(41-8-9-42-30)12-25(36)28(38)35-14-22-10-18(13-32)16-43-22/h2-7,10-11,16,25H,8-9,12,14-15,17H2,1H3,(H2,33,34)(H,35,38)/t25-/m0/s1. The summed E-state index contributed by atoms with van der Waals surface area (Å²) in [6, 6.07) is 13.6. The molecule has 2 aliphatic heterocycles. The number of rotatable bonds is 8. The molecule has 11 nitrogen and oxygen atoms in total. The summed E-state index contributed by atoms with van der Waals surface area (Å²) in [4.78, 5) is 44.6. The van der Waals surface area contributed by atoms with Crippen molar-refractivity contribution in [1.82, 2.24) is 10.2 Å². The molecule has 1 atom stereocenters. The van der Waals surface area contributed by atoms with E-state index in [1.165, 1.54) is 35.5 Å². The van der Waals surface area contributed by atoms with E-state index in [1.54, 1.807) is 35.7 Å². The summed E-state index contributed by atoms with van der Waals surface area (Å²) < 4.78 is 30.8. The van der Waals surface area contributed by atoms with Crippen molar-refractivity contribution in [1.29, 1.82) is 5.26 Å². The summed E-state index contributed by atoms with van der Waals surface area (Å²) in [6.07, 6.45) is 0.177. The maximum Gasteiger partial charge on any atom is 0.337 e. The van der Waals surface area contributed by atoms with Crippen molar-refractivity contribution < 1.29 is 33.0 Å². The predicted molar refractivity (Wildman–Crippen MR) is 154 cm³/mol. The zero-order valence-electron chi connectivity index (χ0n) is 23.2. The van der Waals surface area contributed by atoms with Crippen molar-refractivity contribution in [2.45, 2.75) is 24.8 Å². The highest BCUT2D eigenvalue weighted by molar-refractivity contribution is 7.10. The smallest absolute Gasteiger partial charge is 0.337 e. The number of hydrogen-bond donors (Lipinski definition) is 2. The number of nitriles is 1. The maximum absolute atomic E-state index is 14.6. The van der Waals surface area contributed by atoms with Crippen LogP contribution in [-0.4, -0.2) is 73.8 Å². The van der Waals surface area contributed by atoms with Gasteiger partial charge < -0.3 is 30.2 Å².